The Morgan fingerprint density at radius 1 is 1.36 bits per heavy atom. The SMILES string of the molecule is C#CCCC1(CCC(=O)N[C@@H](CO)Cc2c[nH]c3ccccc23)N=N1. The highest BCUT2D eigenvalue weighted by Crippen LogP contribution is 2.37. The number of hydrogen-bond acceptors (Lipinski definition) is 4. The summed E-state index contributed by atoms with van der Waals surface area (Å²) < 4.78 is 0. The van der Waals surface area contributed by atoms with Gasteiger partial charge >= 0.3 is 0 Å². The van der Waals surface area contributed by atoms with Gasteiger partial charge in [-0.1, -0.05) is 18.2 Å². The third kappa shape index (κ3) is 4.25. The summed E-state index contributed by atoms with van der Waals surface area (Å²) in [6.45, 7) is -0.109. The number of aliphatic hydroxyl groups is 1. The van der Waals surface area contributed by atoms with E-state index in [1.54, 1.807) is 0 Å². The molecule has 0 saturated carbocycles. The van der Waals surface area contributed by atoms with Crippen molar-refractivity contribution >= 4 is 16.8 Å². The fourth-order valence-corrected chi connectivity index (χ4v) is 3.01. The fraction of sp³-hybridized carbons (Fsp3) is 0.421. The Morgan fingerprint density at radius 3 is 2.88 bits per heavy atom. The van der Waals surface area contributed by atoms with Gasteiger partial charge in [0.2, 0.25) is 5.91 Å². The van der Waals surface area contributed by atoms with Crippen LogP contribution >= 0.6 is 0 Å². The van der Waals surface area contributed by atoms with E-state index in [0.717, 1.165) is 16.5 Å². The third-order valence-electron chi connectivity index (χ3n) is 4.53. The molecule has 0 spiro atoms. The zero-order valence-corrected chi connectivity index (χ0v) is 14.0. The number of nitrogens with zero attached hydrogens (tertiary/aromatic N) is 2. The number of aromatic nitrogens is 1. The number of nitrogens with one attached hydrogen (secondary N) is 2. The Hall–Kier alpha value is -2.65. The standard InChI is InChI=1S/C19H22N4O2/c1-2-3-9-19(22-23-19)10-8-18(25)21-15(13-24)11-14-12-20-17-7-5-4-6-16(14)17/h1,4-7,12,15,20,24H,3,8-11,13H2,(H,21,25)/t15-/m1/s1. The molecule has 1 atom stereocenters. The number of rotatable bonds is 9. The smallest absolute Gasteiger partial charge is 0.220 e. The van der Waals surface area contributed by atoms with Crippen molar-refractivity contribution in [2.75, 3.05) is 6.61 Å². The maximum Gasteiger partial charge on any atom is 0.220 e. The second-order valence-electron chi connectivity index (χ2n) is 6.40. The van der Waals surface area contributed by atoms with E-state index in [-0.39, 0.29) is 18.6 Å². The van der Waals surface area contributed by atoms with Crippen molar-refractivity contribution < 1.29 is 9.90 Å². The summed E-state index contributed by atoms with van der Waals surface area (Å²) in [5, 5.41) is 21.7. The lowest BCUT2D eigenvalue weighted by Gasteiger charge is -2.17. The summed E-state index contributed by atoms with van der Waals surface area (Å²) >= 11 is 0. The third-order valence-corrected chi connectivity index (χ3v) is 4.53. The molecule has 1 aromatic carbocycles. The summed E-state index contributed by atoms with van der Waals surface area (Å²) in [5.74, 6) is 2.47. The first kappa shape index (κ1) is 17.2. The summed E-state index contributed by atoms with van der Waals surface area (Å²) in [4.78, 5) is 15.4. The van der Waals surface area contributed by atoms with Crippen LogP contribution in [0.3, 0.4) is 0 Å². The Balaban J connectivity index is 1.52. The number of amides is 1. The highest BCUT2D eigenvalue weighted by molar-refractivity contribution is 5.83. The number of para-hydroxylation sites is 1. The first-order valence-electron chi connectivity index (χ1n) is 8.48. The van der Waals surface area contributed by atoms with Gasteiger partial charge < -0.3 is 15.4 Å². The average molecular weight is 338 g/mol. The molecule has 25 heavy (non-hydrogen) atoms. The lowest BCUT2D eigenvalue weighted by Crippen LogP contribution is -2.39. The largest absolute Gasteiger partial charge is 0.394 e. The van der Waals surface area contributed by atoms with Crippen molar-refractivity contribution in [2.45, 2.75) is 43.8 Å². The quantitative estimate of drug-likeness (QED) is 0.613. The molecule has 1 aromatic heterocycles. The minimum Gasteiger partial charge on any atom is -0.394 e. The number of fused-ring (bicyclic) bond motifs is 1. The van der Waals surface area contributed by atoms with Gasteiger partial charge in [-0.15, -0.1) is 12.3 Å². The molecule has 0 fully saturated rings. The van der Waals surface area contributed by atoms with Crippen LogP contribution in [0.25, 0.3) is 10.9 Å². The van der Waals surface area contributed by atoms with Crippen LogP contribution in [0.15, 0.2) is 40.7 Å². The van der Waals surface area contributed by atoms with E-state index < -0.39 is 5.66 Å². The number of H-pyrrole nitrogens is 1. The number of aliphatic hydroxyl groups excluding tert-OH is 1. The highest BCUT2D eigenvalue weighted by atomic mass is 16.3. The summed E-state index contributed by atoms with van der Waals surface area (Å²) in [7, 11) is 0. The first-order valence-corrected chi connectivity index (χ1v) is 8.48. The molecule has 3 N–H and O–H groups in total. The van der Waals surface area contributed by atoms with E-state index in [1.807, 2.05) is 30.5 Å². The van der Waals surface area contributed by atoms with Crippen molar-refractivity contribution in [1.29, 1.82) is 0 Å². The zero-order valence-electron chi connectivity index (χ0n) is 14.0. The second-order valence-corrected chi connectivity index (χ2v) is 6.40. The predicted molar refractivity (Wildman–Crippen MR) is 95.9 cm³/mol. The van der Waals surface area contributed by atoms with Crippen molar-refractivity contribution in [3.63, 3.8) is 0 Å². The molecule has 1 aliphatic heterocycles. The van der Waals surface area contributed by atoms with E-state index >= 15 is 0 Å². The summed E-state index contributed by atoms with van der Waals surface area (Å²) in [6, 6.07) is 7.66. The molecule has 1 amide bonds. The molecular formula is C19H22N4O2. The molecule has 130 valence electrons. The van der Waals surface area contributed by atoms with Crippen molar-refractivity contribution in [3.05, 3.63) is 36.0 Å². The number of hydrogen-bond donors (Lipinski definition) is 3. The molecule has 2 aromatic rings. The lowest BCUT2D eigenvalue weighted by molar-refractivity contribution is -0.122. The van der Waals surface area contributed by atoms with Gasteiger partial charge in [-0.2, -0.15) is 10.2 Å². The van der Waals surface area contributed by atoms with Crippen LogP contribution in [-0.4, -0.2) is 34.3 Å². The van der Waals surface area contributed by atoms with Gasteiger partial charge in [-0.25, -0.2) is 0 Å². The van der Waals surface area contributed by atoms with Crippen LogP contribution in [0, 0.1) is 12.3 Å². The van der Waals surface area contributed by atoms with Crippen molar-refractivity contribution in [2.24, 2.45) is 10.2 Å². The second kappa shape index (κ2) is 7.49. The number of terminal acetylenes is 1. The summed E-state index contributed by atoms with van der Waals surface area (Å²) in [5.41, 5.74) is 1.68. The minimum atomic E-state index is -0.449. The van der Waals surface area contributed by atoms with Crippen LogP contribution in [0.1, 0.15) is 31.2 Å². The van der Waals surface area contributed by atoms with E-state index in [0.29, 0.717) is 32.1 Å². The number of aromatic amines is 1. The molecule has 0 bridgehead atoms. The predicted octanol–water partition coefficient (Wildman–Crippen LogP) is 2.54. The topological polar surface area (TPSA) is 89.8 Å². The molecule has 0 unspecified atom stereocenters. The van der Waals surface area contributed by atoms with Crippen LogP contribution in [0.5, 0.6) is 0 Å². The van der Waals surface area contributed by atoms with Gasteiger partial charge in [0.25, 0.3) is 0 Å². The Labute approximate surface area is 146 Å². The summed E-state index contributed by atoms with van der Waals surface area (Å²) in [6.07, 6.45) is 9.94. The van der Waals surface area contributed by atoms with Gasteiger partial charge in [0.15, 0.2) is 5.66 Å². The molecule has 1 aliphatic rings. The van der Waals surface area contributed by atoms with Crippen LogP contribution in [-0.2, 0) is 11.2 Å². The molecule has 3 rings (SSSR count). The normalized spacial score (nSPS) is 15.7. The highest BCUT2D eigenvalue weighted by Gasteiger charge is 2.39. The molecular weight excluding hydrogens is 316 g/mol. The maximum absolute atomic E-state index is 12.2. The van der Waals surface area contributed by atoms with E-state index in [9.17, 15) is 9.90 Å². The Bertz CT molecular complexity index is 812. The van der Waals surface area contributed by atoms with Crippen LogP contribution in [0.2, 0.25) is 0 Å². The molecule has 6 heteroatoms. The van der Waals surface area contributed by atoms with Crippen LogP contribution in [0.4, 0.5) is 0 Å². The van der Waals surface area contributed by atoms with Crippen LogP contribution < -0.4 is 5.32 Å². The van der Waals surface area contributed by atoms with Gasteiger partial charge in [0.05, 0.1) is 12.6 Å². The van der Waals surface area contributed by atoms with Crippen molar-refractivity contribution in [1.82, 2.24) is 10.3 Å². The number of carbonyl (C=O) groups is 1. The lowest BCUT2D eigenvalue weighted by atomic mass is 10.0. The maximum atomic E-state index is 12.2. The van der Waals surface area contributed by atoms with Gasteiger partial charge in [0.1, 0.15) is 0 Å². The number of carbonyl (C=O) groups excluding carboxylic acids is 1. The number of benzene rings is 1. The fourth-order valence-electron chi connectivity index (χ4n) is 3.01. The molecule has 0 radical (unpaired) electrons. The van der Waals surface area contributed by atoms with Gasteiger partial charge in [-0.3, -0.25) is 4.79 Å². The molecule has 2 heterocycles. The minimum absolute atomic E-state index is 0.101. The first-order chi connectivity index (χ1) is 12.2. The van der Waals surface area contributed by atoms with E-state index in [1.165, 1.54) is 0 Å². The van der Waals surface area contributed by atoms with Crippen molar-refractivity contribution in [3.8, 4) is 12.3 Å². The van der Waals surface area contributed by atoms with Gasteiger partial charge in [0, 0.05) is 42.8 Å². The monoisotopic (exact) mass is 338 g/mol. The molecule has 0 saturated heterocycles. The Morgan fingerprint density at radius 2 is 2.16 bits per heavy atom. The zero-order chi connectivity index (χ0) is 17.7. The van der Waals surface area contributed by atoms with Gasteiger partial charge in [-0.05, 0) is 18.1 Å². The van der Waals surface area contributed by atoms with E-state index in [4.69, 9.17) is 6.42 Å². The average Bonchev–Trinajstić information content (AvgIpc) is 3.30. The molecule has 6 nitrogen and oxygen atoms in total. The molecule has 0 aliphatic carbocycles. The van der Waals surface area contributed by atoms with E-state index in [2.05, 4.69) is 26.4 Å². The Kier molecular flexibility index (Phi) is 5.15.